The van der Waals surface area contributed by atoms with E-state index in [2.05, 4.69) is 11.8 Å². The van der Waals surface area contributed by atoms with Crippen LogP contribution in [0.2, 0.25) is 5.02 Å². The van der Waals surface area contributed by atoms with Crippen LogP contribution in [0.4, 0.5) is 0 Å². The molecule has 1 aromatic carbocycles. The number of nitriles is 1. The Kier molecular flexibility index (Phi) is 2.67. The van der Waals surface area contributed by atoms with Crippen LogP contribution in [0.1, 0.15) is 24.8 Å². The lowest BCUT2D eigenvalue weighted by Gasteiger charge is -2.07. The lowest BCUT2D eigenvalue weighted by molar-refractivity contribution is 0.928. The molecule has 0 aromatic heterocycles. The molecule has 1 aromatic rings. The third kappa shape index (κ3) is 2.14. The van der Waals surface area contributed by atoms with E-state index in [0.29, 0.717) is 6.42 Å². The summed E-state index contributed by atoms with van der Waals surface area (Å²) in [6, 6.07) is 9.87. The number of benzene rings is 1. The van der Waals surface area contributed by atoms with E-state index in [1.807, 2.05) is 30.3 Å². The highest BCUT2D eigenvalue weighted by molar-refractivity contribution is 6.30. The van der Waals surface area contributed by atoms with Crippen molar-refractivity contribution in [2.75, 3.05) is 0 Å². The maximum Gasteiger partial charge on any atom is 0.0963 e. The molecule has 1 aliphatic carbocycles. The molecule has 0 radical (unpaired) electrons. The summed E-state index contributed by atoms with van der Waals surface area (Å²) in [5.74, 6) is 6.10. The molecule has 0 saturated heterocycles. The Hall–Kier alpha value is -1.44. The van der Waals surface area contributed by atoms with Crippen LogP contribution in [0.5, 0.6) is 0 Å². The van der Waals surface area contributed by atoms with Crippen molar-refractivity contribution in [2.45, 2.75) is 24.7 Å². The summed E-state index contributed by atoms with van der Waals surface area (Å²) in [4.78, 5) is 0. The van der Waals surface area contributed by atoms with Crippen LogP contribution in [0.15, 0.2) is 24.3 Å². The minimum Gasteiger partial charge on any atom is -0.197 e. The first-order chi connectivity index (χ1) is 7.27. The fraction of sp³-hybridized carbons (Fsp3) is 0.308. The van der Waals surface area contributed by atoms with Crippen molar-refractivity contribution in [2.24, 2.45) is 0 Å². The minimum absolute atomic E-state index is 0.0153. The van der Waals surface area contributed by atoms with Crippen molar-refractivity contribution in [1.29, 1.82) is 5.26 Å². The number of halogens is 1. The molecular formula is C13H10ClN. The van der Waals surface area contributed by atoms with Gasteiger partial charge in [0.25, 0.3) is 0 Å². The highest BCUT2D eigenvalue weighted by atomic mass is 35.5. The third-order valence-corrected chi connectivity index (χ3v) is 2.89. The zero-order chi connectivity index (χ0) is 10.7. The molecule has 1 fully saturated rings. The highest BCUT2D eigenvalue weighted by Gasteiger charge is 2.42. The summed E-state index contributed by atoms with van der Waals surface area (Å²) >= 11 is 5.83. The molecule has 2 rings (SSSR count). The van der Waals surface area contributed by atoms with Gasteiger partial charge in [0.2, 0.25) is 0 Å². The standard InChI is InChI=1S/C13H10ClN/c14-12-5-3-11(4-6-12)13(8-9-13)7-1-2-10-15/h3-6H,2,8-9H2. The first-order valence-corrected chi connectivity index (χ1v) is 5.28. The lowest BCUT2D eigenvalue weighted by Crippen LogP contribution is -2.02. The maximum atomic E-state index is 8.42. The quantitative estimate of drug-likeness (QED) is 0.660. The Morgan fingerprint density at radius 1 is 1.27 bits per heavy atom. The third-order valence-electron chi connectivity index (χ3n) is 2.64. The zero-order valence-electron chi connectivity index (χ0n) is 8.26. The molecule has 1 aliphatic rings. The van der Waals surface area contributed by atoms with Gasteiger partial charge in [-0.25, -0.2) is 0 Å². The van der Waals surface area contributed by atoms with Crippen LogP contribution in [0, 0.1) is 23.2 Å². The van der Waals surface area contributed by atoms with E-state index in [9.17, 15) is 0 Å². The topological polar surface area (TPSA) is 23.8 Å². The van der Waals surface area contributed by atoms with Crippen molar-refractivity contribution < 1.29 is 0 Å². The Morgan fingerprint density at radius 3 is 2.47 bits per heavy atom. The molecule has 0 heterocycles. The van der Waals surface area contributed by atoms with Gasteiger partial charge in [-0.3, -0.25) is 0 Å². The van der Waals surface area contributed by atoms with Gasteiger partial charge in [0.15, 0.2) is 0 Å². The van der Waals surface area contributed by atoms with Gasteiger partial charge in [0, 0.05) is 5.02 Å². The summed E-state index contributed by atoms with van der Waals surface area (Å²) in [5, 5.41) is 9.17. The van der Waals surface area contributed by atoms with Gasteiger partial charge in [-0.15, -0.1) is 0 Å². The van der Waals surface area contributed by atoms with Crippen LogP contribution in [-0.2, 0) is 5.41 Å². The van der Waals surface area contributed by atoms with Gasteiger partial charge in [-0.2, -0.15) is 5.26 Å². The number of nitrogens with zero attached hydrogens (tertiary/aromatic N) is 1. The molecule has 2 heteroatoms. The van der Waals surface area contributed by atoms with Crippen LogP contribution in [0.25, 0.3) is 0 Å². The average Bonchev–Trinajstić information content (AvgIpc) is 3.00. The first kappa shape index (κ1) is 10.1. The predicted molar refractivity (Wildman–Crippen MR) is 60.4 cm³/mol. The maximum absolute atomic E-state index is 8.42. The first-order valence-electron chi connectivity index (χ1n) is 4.90. The van der Waals surface area contributed by atoms with E-state index < -0.39 is 0 Å². The normalized spacial score (nSPS) is 16.0. The molecule has 1 saturated carbocycles. The van der Waals surface area contributed by atoms with Crippen molar-refractivity contribution in [1.82, 2.24) is 0 Å². The van der Waals surface area contributed by atoms with E-state index in [4.69, 9.17) is 16.9 Å². The van der Waals surface area contributed by atoms with Gasteiger partial charge < -0.3 is 0 Å². The highest BCUT2D eigenvalue weighted by Crippen LogP contribution is 2.47. The van der Waals surface area contributed by atoms with Crippen LogP contribution < -0.4 is 0 Å². The largest absolute Gasteiger partial charge is 0.197 e. The Morgan fingerprint density at radius 2 is 1.93 bits per heavy atom. The molecule has 74 valence electrons. The molecule has 15 heavy (non-hydrogen) atoms. The van der Waals surface area contributed by atoms with Gasteiger partial charge in [0.1, 0.15) is 0 Å². The number of hydrogen-bond donors (Lipinski definition) is 0. The Labute approximate surface area is 94.7 Å². The summed E-state index contributed by atoms with van der Waals surface area (Å²) in [7, 11) is 0. The molecular weight excluding hydrogens is 206 g/mol. The number of hydrogen-bond acceptors (Lipinski definition) is 1. The van der Waals surface area contributed by atoms with Gasteiger partial charge in [-0.05, 0) is 30.5 Å². The van der Waals surface area contributed by atoms with E-state index in [0.717, 1.165) is 17.9 Å². The molecule has 0 N–H and O–H groups in total. The zero-order valence-corrected chi connectivity index (χ0v) is 9.01. The van der Waals surface area contributed by atoms with Crippen LogP contribution in [0.3, 0.4) is 0 Å². The lowest BCUT2D eigenvalue weighted by atomic mass is 9.97. The summed E-state index contributed by atoms with van der Waals surface area (Å²) in [6.07, 6.45) is 2.50. The second kappa shape index (κ2) is 3.97. The Bertz CT molecular complexity index is 452. The molecule has 0 aliphatic heterocycles. The molecule has 1 nitrogen and oxygen atoms in total. The monoisotopic (exact) mass is 215 g/mol. The Balaban J connectivity index is 2.21. The van der Waals surface area contributed by atoms with Gasteiger partial charge in [0.05, 0.1) is 17.9 Å². The van der Waals surface area contributed by atoms with Crippen LogP contribution >= 0.6 is 11.6 Å². The van der Waals surface area contributed by atoms with Crippen molar-refractivity contribution in [3.8, 4) is 17.9 Å². The SMILES string of the molecule is N#CCC#CC1(c2ccc(Cl)cc2)CC1. The van der Waals surface area contributed by atoms with E-state index in [1.54, 1.807) is 0 Å². The number of rotatable bonds is 1. The van der Waals surface area contributed by atoms with Crippen molar-refractivity contribution >= 4 is 11.6 Å². The van der Waals surface area contributed by atoms with E-state index in [-0.39, 0.29) is 5.41 Å². The molecule has 0 spiro atoms. The molecule has 0 bridgehead atoms. The van der Waals surface area contributed by atoms with E-state index >= 15 is 0 Å². The van der Waals surface area contributed by atoms with Gasteiger partial charge >= 0.3 is 0 Å². The fourth-order valence-electron chi connectivity index (χ4n) is 1.63. The summed E-state index contributed by atoms with van der Waals surface area (Å²) in [5.41, 5.74) is 1.24. The van der Waals surface area contributed by atoms with Crippen molar-refractivity contribution in [3.05, 3.63) is 34.9 Å². The van der Waals surface area contributed by atoms with E-state index in [1.165, 1.54) is 5.56 Å². The van der Waals surface area contributed by atoms with Crippen molar-refractivity contribution in [3.63, 3.8) is 0 Å². The van der Waals surface area contributed by atoms with Gasteiger partial charge in [-0.1, -0.05) is 35.6 Å². The fourth-order valence-corrected chi connectivity index (χ4v) is 1.76. The summed E-state index contributed by atoms with van der Waals surface area (Å²) < 4.78 is 0. The average molecular weight is 216 g/mol. The smallest absolute Gasteiger partial charge is 0.0963 e. The molecule has 0 unspecified atom stereocenters. The predicted octanol–water partition coefficient (Wildman–Crippen LogP) is 3.29. The molecule has 0 amide bonds. The van der Waals surface area contributed by atoms with Crippen LogP contribution in [-0.4, -0.2) is 0 Å². The summed E-state index contributed by atoms with van der Waals surface area (Å²) in [6.45, 7) is 0. The molecule has 0 atom stereocenters. The second-order valence-corrected chi connectivity index (χ2v) is 4.16. The second-order valence-electron chi connectivity index (χ2n) is 3.73. The minimum atomic E-state index is 0.0153.